The van der Waals surface area contributed by atoms with E-state index in [0.717, 1.165) is 11.3 Å². The highest BCUT2D eigenvalue weighted by atomic mass is 32.1. The molecule has 7 heteroatoms. The number of nitrogens with zero attached hydrogens (tertiary/aromatic N) is 2. The van der Waals surface area contributed by atoms with Crippen molar-refractivity contribution in [3.63, 3.8) is 0 Å². The van der Waals surface area contributed by atoms with Gasteiger partial charge in [-0.25, -0.2) is 4.98 Å². The van der Waals surface area contributed by atoms with E-state index < -0.39 is 0 Å². The number of carbonyl (C=O) groups excluding carboxylic acids is 1. The fourth-order valence-electron chi connectivity index (χ4n) is 1.10. The molecule has 1 amide bonds. The molecule has 0 bridgehead atoms. The summed E-state index contributed by atoms with van der Waals surface area (Å²) in [6, 6.07) is 4.60. The summed E-state index contributed by atoms with van der Waals surface area (Å²) in [4.78, 5) is 29.2. The third kappa shape index (κ3) is 2.56. The van der Waals surface area contributed by atoms with Crippen LogP contribution in [0.25, 0.3) is 0 Å². The van der Waals surface area contributed by atoms with Crippen LogP contribution >= 0.6 is 11.3 Å². The summed E-state index contributed by atoms with van der Waals surface area (Å²) in [5, 5.41) is 11.5. The number of rotatable bonds is 2. The molecule has 0 saturated heterocycles. The molecule has 2 aromatic rings. The quantitative estimate of drug-likeness (QED) is 0.824. The highest BCUT2D eigenvalue weighted by molar-refractivity contribution is 7.16. The summed E-state index contributed by atoms with van der Waals surface area (Å²) in [5.74, 6) is -0.389. The molecule has 2 N–H and O–H groups in total. The van der Waals surface area contributed by atoms with Crippen LogP contribution in [0.2, 0.25) is 0 Å². The van der Waals surface area contributed by atoms with Crippen molar-refractivity contribution in [1.82, 2.24) is 9.97 Å². The fourth-order valence-corrected chi connectivity index (χ4v) is 1.71. The Bertz CT molecular complexity index is 632. The molecule has 0 aromatic carbocycles. The third-order valence-electron chi connectivity index (χ3n) is 1.88. The van der Waals surface area contributed by atoms with Gasteiger partial charge in [-0.1, -0.05) is 11.3 Å². The van der Waals surface area contributed by atoms with Gasteiger partial charge in [0, 0.05) is 12.3 Å². The molecular weight excluding hydrogens is 240 g/mol. The van der Waals surface area contributed by atoms with Crippen molar-refractivity contribution in [2.24, 2.45) is 0 Å². The van der Waals surface area contributed by atoms with Gasteiger partial charge in [-0.05, 0) is 6.07 Å². The Hall–Kier alpha value is -2.46. The van der Waals surface area contributed by atoms with Gasteiger partial charge in [0.05, 0.1) is 11.8 Å². The average Bonchev–Trinajstić information content (AvgIpc) is 2.77. The van der Waals surface area contributed by atoms with Crippen LogP contribution in [0.4, 0.5) is 5.13 Å². The summed E-state index contributed by atoms with van der Waals surface area (Å²) in [6.07, 6.45) is 2.70. The summed E-state index contributed by atoms with van der Waals surface area (Å²) >= 11 is 1.08. The first-order chi connectivity index (χ1) is 8.19. The molecule has 84 valence electrons. The number of carbonyl (C=O) groups is 1. The van der Waals surface area contributed by atoms with Gasteiger partial charge in [0.2, 0.25) is 5.56 Å². The summed E-state index contributed by atoms with van der Waals surface area (Å²) < 4.78 is 0. The lowest BCUT2D eigenvalue weighted by Gasteiger charge is -1.99. The monoisotopic (exact) mass is 246 g/mol. The lowest BCUT2D eigenvalue weighted by Crippen LogP contribution is -2.14. The minimum absolute atomic E-state index is 0.275. The average molecular weight is 246 g/mol. The van der Waals surface area contributed by atoms with E-state index in [4.69, 9.17) is 5.26 Å². The fraction of sp³-hybridized carbons (Fsp3) is 0. The molecule has 2 aromatic heterocycles. The maximum atomic E-state index is 11.7. The number of anilines is 1. The zero-order valence-corrected chi connectivity index (χ0v) is 9.25. The van der Waals surface area contributed by atoms with E-state index >= 15 is 0 Å². The van der Waals surface area contributed by atoms with E-state index in [0.29, 0.717) is 15.6 Å². The topological polar surface area (TPSA) is 98.6 Å². The van der Waals surface area contributed by atoms with E-state index in [-0.39, 0.29) is 11.5 Å². The van der Waals surface area contributed by atoms with Gasteiger partial charge in [-0.3, -0.25) is 14.9 Å². The zero-order chi connectivity index (χ0) is 12.3. The molecule has 0 saturated carbocycles. The van der Waals surface area contributed by atoms with Gasteiger partial charge in [-0.15, -0.1) is 0 Å². The maximum absolute atomic E-state index is 11.7. The van der Waals surface area contributed by atoms with Crippen LogP contribution in [-0.4, -0.2) is 15.9 Å². The minimum atomic E-state index is -0.389. The molecule has 0 aliphatic rings. The molecule has 0 aliphatic heterocycles. The molecule has 0 radical (unpaired) electrons. The molecule has 2 rings (SSSR count). The Kier molecular flexibility index (Phi) is 2.98. The van der Waals surface area contributed by atoms with Crippen molar-refractivity contribution in [2.75, 3.05) is 5.32 Å². The van der Waals surface area contributed by atoms with E-state index in [1.54, 1.807) is 0 Å². The van der Waals surface area contributed by atoms with Crippen LogP contribution in [0.1, 0.15) is 15.2 Å². The zero-order valence-electron chi connectivity index (χ0n) is 8.43. The van der Waals surface area contributed by atoms with Crippen molar-refractivity contribution in [1.29, 1.82) is 5.26 Å². The smallest absolute Gasteiger partial charge is 0.258 e. The van der Waals surface area contributed by atoms with E-state index in [1.807, 2.05) is 6.07 Å². The van der Waals surface area contributed by atoms with Crippen LogP contribution in [0.5, 0.6) is 0 Å². The number of H-pyrrole nitrogens is 1. The number of amides is 1. The molecule has 0 aliphatic carbocycles. The number of hydrogen-bond donors (Lipinski definition) is 2. The SMILES string of the molecule is N#Cc1cnc(NC(=O)c2ccc(=O)[nH]c2)s1. The predicted molar refractivity (Wildman–Crippen MR) is 61.8 cm³/mol. The Balaban J connectivity index is 2.14. The Labute approximate surface area is 99.6 Å². The molecule has 0 spiro atoms. The summed E-state index contributed by atoms with van der Waals surface area (Å²) in [5.41, 5.74) is 0.0425. The lowest BCUT2D eigenvalue weighted by atomic mass is 10.3. The van der Waals surface area contributed by atoms with Crippen molar-refractivity contribution in [2.45, 2.75) is 0 Å². The minimum Gasteiger partial charge on any atom is -0.328 e. The number of aromatic nitrogens is 2. The second kappa shape index (κ2) is 4.59. The van der Waals surface area contributed by atoms with Crippen molar-refractivity contribution < 1.29 is 4.79 Å². The standard InChI is InChI=1S/C10H6N4O2S/c11-3-7-5-13-10(17-7)14-9(16)6-1-2-8(15)12-4-6/h1-2,4-5H,(H,12,15)(H,13,14,16). The second-order valence-electron chi connectivity index (χ2n) is 3.04. The number of aromatic amines is 1. The first kappa shape index (κ1) is 11.0. The van der Waals surface area contributed by atoms with Gasteiger partial charge in [0.25, 0.3) is 5.91 Å². The van der Waals surface area contributed by atoms with Crippen LogP contribution in [0, 0.1) is 11.3 Å². The normalized spacial score (nSPS) is 9.59. The molecule has 0 unspecified atom stereocenters. The lowest BCUT2D eigenvalue weighted by molar-refractivity contribution is 0.102. The Morgan fingerprint density at radius 3 is 2.94 bits per heavy atom. The second-order valence-corrected chi connectivity index (χ2v) is 4.07. The summed E-state index contributed by atoms with van der Waals surface area (Å²) in [6.45, 7) is 0. The number of thiazole rings is 1. The summed E-state index contributed by atoms with van der Waals surface area (Å²) in [7, 11) is 0. The maximum Gasteiger partial charge on any atom is 0.258 e. The van der Waals surface area contributed by atoms with E-state index in [9.17, 15) is 9.59 Å². The van der Waals surface area contributed by atoms with Gasteiger partial charge in [-0.2, -0.15) is 5.26 Å². The highest BCUT2D eigenvalue weighted by Crippen LogP contribution is 2.17. The van der Waals surface area contributed by atoms with E-state index in [1.165, 1.54) is 24.5 Å². The number of hydrogen-bond acceptors (Lipinski definition) is 5. The number of pyridine rings is 1. The predicted octanol–water partition coefficient (Wildman–Crippen LogP) is 0.955. The van der Waals surface area contributed by atoms with Gasteiger partial charge in [0.15, 0.2) is 5.13 Å². The molecule has 17 heavy (non-hydrogen) atoms. The van der Waals surface area contributed by atoms with Crippen LogP contribution < -0.4 is 10.9 Å². The molecule has 0 fully saturated rings. The van der Waals surface area contributed by atoms with Gasteiger partial charge < -0.3 is 4.98 Å². The Morgan fingerprint density at radius 1 is 1.53 bits per heavy atom. The van der Waals surface area contributed by atoms with Gasteiger partial charge >= 0.3 is 0 Å². The number of nitrogens with one attached hydrogen (secondary N) is 2. The highest BCUT2D eigenvalue weighted by Gasteiger charge is 2.08. The molecule has 0 atom stereocenters. The van der Waals surface area contributed by atoms with Crippen LogP contribution in [0.3, 0.4) is 0 Å². The first-order valence-electron chi connectivity index (χ1n) is 4.55. The van der Waals surface area contributed by atoms with E-state index in [2.05, 4.69) is 15.3 Å². The third-order valence-corrected chi connectivity index (χ3v) is 2.70. The largest absolute Gasteiger partial charge is 0.328 e. The Morgan fingerprint density at radius 2 is 2.35 bits per heavy atom. The van der Waals surface area contributed by atoms with Gasteiger partial charge in [0.1, 0.15) is 10.9 Å². The number of nitriles is 1. The first-order valence-corrected chi connectivity index (χ1v) is 5.37. The van der Waals surface area contributed by atoms with Crippen LogP contribution in [0.15, 0.2) is 29.3 Å². The molecular formula is C10H6N4O2S. The molecule has 6 nitrogen and oxygen atoms in total. The van der Waals surface area contributed by atoms with Crippen LogP contribution in [-0.2, 0) is 0 Å². The van der Waals surface area contributed by atoms with Crippen molar-refractivity contribution in [3.8, 4) is 6.07 Å². The molecule has 2 heterocycles. The van der Waals surface area contributed by atoms with Crippen molar-refractivity contribution in [3.05, 3.63) is 45.3 Å². The van der Waals surface area contributed by atoms with Crippen molar-refractivity contribution >= 4 is 22.4 Å².